The fourth-order valence-corrected chi connectivity index (χ4v) is 6.55. The summed E-state index contributed by atoms with van der Waals surface area (Å²) in [6.45, 7) is 19.2. The van der Waals surface area contributed by atoms with Gasteiger partial charge in [-0.3, -0.25) is 4.90 Å². The standard InChI is InChI=1S/C36H46N8O2Si2/c1-47(2,3)20-13-27-8-7-9-29(22-27)35-37-14-12-33(41-35)38-32-25-44(26-46-19-21-48(4,5)6)42-34(32)36-39-30-11-10-28(23-31(30)40-36)24-43-15-17-45-18-16-43/h7-12,14,22-23,25H,15-19,21,24,26H2,1-6H3,(H,39,40)(H,37,38,41). The van der Waals surface area contributed by atoms with Crippen LogP contribution < -0.4 is 5.32 Å². The second kappa shape index (κ2) is 14.6. The maximum Gasteiger partial charge on any atom is 0.161 e. The lowest BCUT2D eigenvalue weighted by Crippen LogP contribution is -2.35. The van der Waals surface area contributed by atoms with E-state index in [4.69, 9.17) is 24.5 Å². The molecule has 1 aliphatic rings. The van der Waals surface area contributed by atoms with Crippen LogP contribution in [0.5, 0.6) is 0 Å². The minimum atomic E-state index is -1.49. The van der Waals surface area contributed by atoms with E-state index in [1.54, 1.807) is 6.20 Å². The van der Waals surface area contributed by atoms with Gasteiger partial charge in [0.25, 0.3) is 0 Å². The molecule has 0 radical (unpaired) electrons. The van der Waals surface area contributed by atoms with E-state index < -0.39 is 16.1 Å². The number of benzene rings is 2. The second-order valence-corrected chi connectivity index (χ2v) is 24.9. The molecule has 0 amide bonds. The number of imidazole rings is 1. The Balaban J connectivity index is 1.27. The number of hydrogen-bond acceptors (Lipinski definition) is 8. The molecule has 12 heteroatoms. The molecule has 2 N–H and O–H groups in total. The largest absolute Gasteiger partial charge is 0.379 e. The van der Waals surface area contributed by atoms with Crippen molar-refractivity contribution < 1.29 is 9.47 Å². The SMILES string of the molecule is C[Si](C)(C)C#Cc1cccc(-c2nccc(Nc3cn(COCC[Si](C)(C)C)nc3-c3nc4cc(CN5CCOCC5)ccc4[nH]3)n2)c1. The molecule has 1 aliphatic heterocycles. The predicted molar refractivity (Wildman–Crippen MR) is 198 cm³/mol. The van der Waals surface area contributed by atoms with Crippen molar-refractivity contribution in [1.29, 1.82) is 0 Å². The number of rotatable bonds is 11. The molecule has 0 spiro atoms. The molecule has 0 unspecified atom stereocenters. The first kappa shape index (κ1) is 33.8. The third-order valence-corrected chi connectivity index (χ3v) is 10.5. The van der Waals surface area contributed by atoms with Gasteiger partial charge < -0.3 is 19.8 Å². The van der Waals surface area contributed by atoms with Gasteiger partial charge in [-0.05, 0) is 41.9 Å². The number of aromatic nitrogens is 6. The van der Waals surface area contributed by atoms with Crippen molar-refractivity contribution in [3.63, 3.8) is 0 Å². The summed E-state index contributed by atoms with van der Waals surface area (Å²) in [6, 6.07) is 17.5. The third kappa shape index (κ3) is 9.27. The van der Waals surface area contributed by atoms with E-state index in [1.165, 1.54) is 5.56 Å². The normalized spacial score (nSPS) is 14.2. The summed E-state index contributed by atoms with van der Waals surface area (Å²) in [5.74, 6) is 5.30. The number of morpholine rings is 1. The molecule has 3 aromatic heterocycles. The van der Waals surface area contributed by atoms with Crippen LogP contribution in [0.4, 0.5) is 11.5 Å². The molecule has 10 nitrogen and oxygen atoms in total. The van der Waals surface area contributed by atoms with E-state index in [0.29, 0.717) is 36.5 Å². The van der Waals surface area contributed by atoms with E-state index in [1.807, 2.05) is 35.1 Å². The highest BCUT2D eigenvalue weighted by Crippen LogP contribution is 2.30. The van der Waals surface area contributed by atoms with Gasteiger partial charge in [0, 0.05) is 51.6 Å². The molecule has 0 aliphatic carbocycles. The first-order valence-electron chi connectivity index (χ1n) is 16.7. The minimum Gasteiger partial charge on any atom is -0.379 e. The van der Waals surface area contributed by atoms with Crippen LogP contribution in [0.25, 0.3) is 33.9 Å². The zero-order chi connectivity index (χ0) is 33.7. The Bertz CT molecular complexity index is 1920. The van der Waals surface area contributed by atoms with Gasteiger partial charge in [-0.15, -0.1) is 5.54 Å². The number of aromatic amines is 1. The molecule has 0 atom stereocenters. The van der Waals surface area contributed by atoms with E-state index in [9.17, 15) is 0 Å². The first-order chi connectivity index (χ1) is 23.0. The van der Waals surface area contributed by atoms with E-state index in [-0.39, 0.29) is 0 Å². The highest BCUT2D eigenvalue weighted by molar-refractivity contribution is 6.83. The molecule has 0 saturated carbocycles. The monoisotopic (exact) mass is 678 g/mol. The minimum absolute atomic E-state index is 0.351. The third-order valence-electron chi connectivity index (χ3n) is 7.88. The average molecular weight is 679 g/mol. The Morgan fingerprint density at radius 2 is 1.83 bits per heavy atom. The summed E-state index contributed by atoms with van der Waals surface area (Å²) < 4.78 is 13.4. The lowest BCUT2D eigenvalue weighted by molar-refractivity contribution is 0.0342. The van der Waals surface area contributed by atoms with Gasteiger partial charge in [0.1, 0.15) is 20.6 Å². The summed E-state index contributed by atoms with van der Waals surface area (Å²) in [4.78, 5) is 20.4. The lowest BCUT2D eigenvalue weighted by atomic mass is 10.1. The van der Waals surface area contributed by atoms with Crippen LogP contribution >= 0.6 is 0 Å². The van der Waals surface area contributed by atoms with Gasteiger partial charge in [0.15, 0.2) is 17.3 Å². The van der Waals surface area contributed by atoms with Crippen molar-refractivity contribution in [1.82, 2.24) is 34.6 Å². The Hall–Kier alpha value is -4.13. The number of hydrogen-bond donors (Lipinski definition) is 2. The highest BCUT2D eigenvalue weighted by atomic mass is 28.3. The number of ether oxygens (including phenoxy) is 2. The van der Waals surface area contributed by atoms with Gasteiger partial charge in [-0.25, -0.2) is 19.6 Å². The summed E-state index contributed by atoms with van der Waals surface area (Å²) in [7, 11) is -2.70. The molecule has 1 fully saturated rings. The molecule has 0 bridgehead atoms. The molecule has 4 heterocycles. The van der Waals surface area contributed by atoms with Crippen LogP contribution in [-0.4, -0.2) is 83.7 Å². The fraction of sp³-hybridized carbons (Fsp3) is 0.389. The zero-order valence-electron chi connectivity index (χ0n) is 28.9. The molecule has 5 aromatic rings. The maximum atomic E-state index is 6.05. The van der Waals surface area contributed by atoms with E-state index >= 15 is 0 Å². The van der Waals surface area contributed by atoms with Gasteiger partial charge in [0.2, 0.25) is 0 Å². The number of nitrogens with zero attached hydrogens (tertiary/aromatic N) is 6. The molecule has 1 saturated heterocycles. The fourth-order valence-electron chi connectivity index (χ4n) is 5.27. The van der Waals surface area contributed by atoms with Crippen LogP contribution in [0.2, 0.25) is 45.3 Å². The molecule has 2 aromatic carbocycles. The quantitative estimate of drug-likeness (QED) is 0.0874. The van der Waals surface area contributed by atoms with E-state index in [0.717, 1.165) is 66.7 Å². The topological polar surface area (TPSA) is 106 Å². The maximum absolute atomic E-state index is 6.05. The highest BCUT2D eigenvalue weighted by Gasteiger charge is 2.19. The number of fused-ring (bicyclic) bond motifs is 1. The average Bonchev–Trinajstić information content (AvgIpc) is 3.65. The smallest absolute Gasteiger partial charge is 0.161 e. The Kier molecular flexibility index (Phi) is 10.2. The van der Waals surface area contributed by atoms with Crippen molar-refractivity contribution in [2.45, 2.75) is 58.6 Å². The summed E-state index contributed by atoms with van der Waals surface area (Å²) >= 11 is 0. The van der Waals surface area contributed by atoms with Crippen molar-refractivity contribution >= 4 is 38.7 Å². The Labute approximate surface area is 285 Å². The summed E-state index contributed by atoms with van der Waals surface area (Å²) in [5.41, 5.74) is 9.89. The molecule has 250 valence electrons. The van der Waals surface area contributed by atoms with Crippen LogP contribution in [0, 0.1) is 11.5 Å². The van der Waals surface area contributed by atoms with Crippen LogP contribution in [0.1, 0.15) is 11.1 Å². The molecular formula is C36H46N8O2Si2. The second-order valence-electron chi connectivity index (χ2n) is 14.6. The predicted octanol–water partition coefficient (Wildman–Crippen LogP) is 7.00. The van der Waals surface area contributed by atoms with Gasteiger partial charge in [-0.1, -0.05) is 63.4 Å². The van der Waals surface area contributed by atoms with Gasteiger partial charge in [-0.2, -0.15) is 5.10 Å². The Morgan fingerprint density at radius 3 is 2.62 bits per heavy atom. The summed E-state index contributed by atoms with van der Waals surface area (Å²) in [6.07, 6.45) is 3.72. The van der Waals surface area contributed by atoms with E-state index in [2.05, 4.69) is 95.2 Å². The van der Waals surface area contributed by atoms with Gasteiger partial charge in [0.05, 0.1) is 36.1 Å². The zero-order valence-corrected chi connectivity index (χ0v) is 30.9. The van der Waals surface area contributed by atoms with Gasteiger partial charge >= 0.3 is 0 Å². The molecule has 6 rings (SSSR count). The van der Waals surface area contributed by atoms with Crippen molar-refractivity contribution in [2.75, 3.05) is 38.2 Å². The first-order valence-corrected chi connectivity index (χ1v) is 23.9. The van der Waals surface area contributed by atoms with Crippen LogP contribution in [0.3, 0.4) is 0 Å². The number of anilines is 2. The van der Waals surface area contributed by atoms with Crippen molar-refractivity contribution in [3.8, 4) is 34.4 Å². The van der Waals surface area contributed by atoms with Crippen molar-refractivity contribution in [3.05, 3.63) is 72.1 Å². The summed E-state index contributed by atoms with van der Waals surface area (Å²) in [5, 5.41) is 8.43. The lowest BCUT2D eigenvalue weighted by Gasteiger charge is -2.26. The van der Waals surface area contributed by atoms with Crippen LogP contribution in [-0.2, 0) is 22.7 Å². The Morgan fingerprint density at radius 1 is 1.00 bits per heavy atom. The number of H-pyrrole nitrogens is 1. The molecule has 48 heavy (non-hydrogen) atoms. The number of nitrogens with one attached hydrogen (secondary N) is 2. The molecular weight excluding hydrogens is 633 g/mol. The van der Waals surface area contributed by atoms with Crippen molar-refractivity contribution in [2.24, 2.45) is 0 Å². The van der Waals surface area contributed by atoms with Crippen LogP contribution in [0.15, 0.2) is 60.9 Å².